The molecule has 0 aliphatic carbocycles. The Morgan fingerprint density at radius 2 is 1.73 bits per heavy atom. The number of pyridine rings is 3. The number of ether oxygens (including phenoxy) is 2. The monoisotopic (exact) mass is 549 g/mol. The third-order valence-electron chi connectivity index (χ3n) is 7.51. The van der Waals surface area contributed by atoms with Gasteiger partial charge in [0.15, 0.2) is 0 Å². The van der Waals surface area contributed by atoms with Crippen molar-refractivity contribution in [3.8, 4) is 45.4 Å². The van der Waals surface area contributed by atoms with Gasteiger partial charge in [0.2, 0.25) is 0 Å². The number of hydrogen-bond acceptors (Lipinski definition) is 7. The highest BCUT2D eigenvalue weighted by Crippen LogP contribution is 2.35. The molecule has 7 rings (SSSR count). The van der Waals surface area contributed by atoms with E-state index in [9.17, 15) is 4.39 Å². The fourth-order valence-corrected chi connectivity index (χ4v) is 5.45. The van der Waals surface area contributed by atoms with Crippen LogP contribution in [0, 0.1) is 5.82 Å². The molecule has 0 amide bonds. The van der Waals surface area contributed by atoms with Crippen LogP contribution in [0.2, 0.25) is 0 Å². The summed E-state index contributed by atoms with van der Waals surface area (Å²) in [5.41, 5.74) is 6.13. The Balaban J connectivity index is 1.21. The van der Waals surface area contributed by atoms with E-state index in [1.807, 2.05) is 24.3 Å². The summed E-state index contributed by atoms with van der Waals surface area (Å²) in [5, 5.41) is 9.44. The number of hydrogen-bond donors (Lipinski definition) is 2. The first-order valence-corrected chi connectivity index (χ1v) is 13.6. The second kappa shape index (κ2) is 10.6. The number of benzene rings is 1. The molecule has 1 aromatic carbocycles. The lowest BCUT2D eigenvalue weighted by Gasteiger charge is -2.15. The van der Waals surface area contributed by atoms with Crippen molar-refractivity contribution >= 4 is 21.8 Å². The average molecular weight is 550 g/mol. The van der Waals surface area contributed by atoms with Crippen LogP contribution in [0.5, 0.6) is 11.5 Å². The SMILES string of the molecule is COc1cc(F)cc(-c2nccc3[nH]c(-c4n[nH]c5cnc(-c6cncc(OCCN7CCCC7)c6)cc45)cc23)c1. The maximum atomic E-state index is 14.3. The van der Waals surface area contributed by atoms with Gasteiger partial charge < -0.3 is 14.5 Å². The van der Waals surface area contributed by atoms with Crippen molar-refractivity contribution < 1.29 is 13.9 Å². The number of nitrogens with zero attached hydrogens (tertiary/aromatic N) is 5. The van der Waals surface area contributed by atoms with Gasteiger partial charge in [-0.05, 0) is 62.3 Å². The van der Waals surface area contributed by atoms with E-state index < -0.39 is 0 Å². The van der Waals surface area contributed by atoms with E-state index >= 15 is 0 Å². The van der Waals surface area contributed by atoms with Crippen LogP contribution in [0.4, 0.5) is 4.39 Å². The van der Waals surface area contributed by atoms with Crippen LogP contribution in [0.25, 0.3) is 55.7 Å². The van der Waals surface area contributed by atoms with Crippen LogP contribution in [-0.2, 0) is 0 Å². The van der Waals surface area contributed by atoms with Crippen LogP contribution in [0.15, 0.2) is 67.3 Å². The second-order valence-electron chi connectivity index (χ2n) is 10.2. The molecule has 41 heavy (non-hydrogen) atoms. The van der Waals surface area contributed by atoms with Gasteiger partial charge in [-0.3, -0.25) is 25.0 Å². The molecule has 6 heterocycles. The molecule has 0 spiro atoms. The maximum absolute atomic E-state index is 14.3. The van der Waals surface area contributed by atoms with Crippen molar-refractivity contribution in [1.29, 1.82) is 0 Å². The Labute approximate surface area is 235 Å². The third kappa shape index (κ3) is 4.98. The van der Waals surface area contributed by atoms with Gasteiger partial charge in [0, 0.05) is 52.4 Å². The number of methoxy groups -OCH3 is 1. The van der Waals surface area contributed by atoms with Gasteiger partial charge in [0.05, 0.1) is 42.1 Å². The summed E-state index contributed by atoms with van der Waals surface area (Å²) >= 11 is 0. The predicted octanol–water partition coefficient (Wildman–Crippen LogP) is 5.85. The molecule has 0 saturated carbocycles. The van der Waals surface area contributed by atoms with E-state index in [0.29, 0.717) is 23.6 Å². The zero-order valence-electron chi connectivity index (χ0n) is 22.5. The highest BCUT2D eigenvalue weighted by Gasteiger charge is 2.17. The van der Waals surface area contributed by atoms with Crippen LogP contribution >= 0.6 is 0 Å². The molecule has 9 nitrogen and oxygen atoms in total. The second-order valence-corrected chi connectivity index (χ2v) is 10.2. The van der Waals surface area contributed by atoms with Crippen LogP contribution < -0.4 is 9.47 Å². The Kier molecular flexibility index (Phi) is 6.52. The Bertz CT molecular complexity index is 1860. The summed E-state index contributed by atoms with van der Waals surface area (Å²) in [7, 11) is 1.52. The molecule has 0 unspecified atom stereocenters. The Morgan fingerprint density at radius 3 is 2.61 bits per heavy atom. The van der Waals surface area contributed by atoms with Gasteiger partial charge in [-0.25, -0.2) is 4.39 Å². The van der Waals surface area contributed by atoms with Crippen LogP contribution in [-0.4, -0.2) is 68.4 Å². The topological polar surface area (TPSA) is 105 Å². The smallest absolute Gasteiger partial charge is 0.138 e. The minimum Gasteiger partial charge on any atom is -0.497 e. The number of aromatic amines is 2. The van der Waals surface area contributed by atoms with Crippen LogP contribution in [0.1, 0.15) is 12.8 Å². The first-order chi connectivity index (χ1) is 20.1. The number of fused-ring (bicyclic) bond motifs is 2. The molecular weight excluding hydrogens is 521 g/mol. The third-order valence-corrected chi connectivity index (χ3v) is 7.51. The predicted molar refractivity (Wildman–Crippen MR) is 155 cm³/mol. The largest absolute Gasteiger partial charge is 0.497 e. The quantitative estimate of drug-likeness (QED) is 0.245. The van der Waals surface area contributed by atoms with E-state index in [2.05, 4.69) is 35.0 Å². The summed E-state index contributed by atoms with van der Waals surface area (Å²) in [6.07, 6.45) is 9.53. The first-order valence-electron chi connectivity index (χ1n) is 13.6. The molecule has 0 atom stereocenters. The average Bonchev–Trinajstić information content (AvgIpc) is 3.76. The number of halogens is 1. The first kappa shape index (κ1) is 25.2. The number of nitrogens with one attached hydrogen (secondary N) is 2. The number of aromatic nitrogens is 6. The molecule has 1 aliphatic rings. The van der Waals surface area contributed by atoms with Crippen LogP contribution in [0.3, 0.4) is 0 Å². The van der Waals surface area contributed by atoms with E-state index in [-0.39, 0.29) is 5.82 Å². The Hall–Kier alpha value is -4.83. The molecule has 0 bridgehead atoms. The molecule has 6 aromatic rings. The van der Waals surface area contributed by atoms with Gasteiger partial charge in [-0.1, -0.05) is 0 Å². The molecule has 1 saturated heterocycles. The van der Waals surface area contributed by atoms with Crippen molar-refractivity contribution in [3.05, 3.63) is 73.1 Å². The zero-order valence-corrected chi connectivity index (χ0v) is 22.5. The molecule has 0 radical (unpaired) electrons. The van der Waals surface area contributed by atoms with Gasteiger partial charge in [0.1, 0.15) is 29.6 Å². The summed E-state index contributed by atoms with van der Waals surface area (Å²) in [6, 6.07) is 12.4. The normalized spacial score (nSPS) is 13.8. The van der Waals surface area contributed by atoms with E-state index in [4.69, 9.17) is 9.47 Å². The lowest BCUT2D eigenvalue weighted by Crippen LogP contribution is -2.25. The van der Waals surface area contributed by atoms with E-state index in [1.165, 1.54) is 32.1 Å². The van der Waals surface area contributed by atoms with Gasteiger partial charge in [-0.2, -0.15) is 5.10 Å². The Morgan fingerprint density at radius 1 is 0.878 bits per heavy atom. The van der Waals surface area contributed by atoms with Gasteiger partial charge in [0.25, 0.3) is 0 Å². The maximum Gasteiger partial charge on any atom is 0.138 e. The van der Waals surface area contributed by atoms with Crippen molar-refractivity contribution in [2.24, 2.45) is 0 Å². The molecule has 5 aromatic heterocycles. The van der Waals surface area contributed by atoms with Gasteiger partial charge in [-0.15, -0.1) is 0 Å². The molecule has 1 aliphatic heterocycles. The lowest BCUT2D eigenvalue weighted by atomic mass is 10.1. The minimum atomic E-state index is -0.386. The van der Waals surface area contributed by atoms with E-state index in [1.54, 1.807) is 30.9 Å². The molecule has 10 heteroatoms. The van der Waals surface area contributed by atoms with Crippen molar-refractivity contribution in [3.63, 3.8) is 0 Å². The zero-order chi connectivity index (χ0) is 27.8. The standard InChI is InChI=1S/C31H28FN7O2/c1-40-22-11-19(10-21(32)13-22)30-24-15-28(36-26(24)4-5-34-30)31-25-14-27(35-18-29(25)37-38-31)20-12-23(17-33-16-20)41-9-8-39-6-2-3-7-39/h4-5,10-18,36H,2-3,6-9H2,1H3,(H,37,38). The molecule has 2 N–H and O–H groups in total. The lowest BCUT2D eigenvalue weighted by molar-refractivity contribution is 0.237. The van der Waals surface area contributed by atoms with Crippen molar-refractivity contribution in [2.75, 3.05) is 33.4 Å². The summed E-state index contributed by atoms with van der Waals surface area (Å²) < 4.78 is 25.6. The summed E-state index contributed by atoms with van der Waals surface area (Å²) in [5.74, 6) is 0.770. The van der Waals surface area contributed by atoms with Gasteiger partial charge >= 0.3 is 0 Å². The van der Waals surface area contributed by atoms with E-state index in [0.717, 1.165) is 69.8 Å². The summed E-state index contributed by atoms with van der Waals surface area (Å²) in [6.45, 7) is 3.84. The molecule has 1 fully saturated rings. The highest BCUT2D eigenvalue weighted by atomic mass is 19.1. The highest BCUT2D eigenvalue weighted by molar-refractivity contribution is 6.00. The molecular formula is C31H28FN7O2. The molecule has 206 valence electrons. The minimum absolute atomic E-state index is 0.386. The summed E-state index contributed by atoms with van der Waals surface area (Å²) in [4.78, 5) is 19.5. The fraction of sp³-hybridized carbons (Fsp3) is 0.226. The number of H-pyrrole nitrogens is 2. The fourth-order valence-electron chi connectivity index (χ4n) is 5.45. The number of rotatable bonds is 8. The van der Waals surface area contributed by atoms with Crippen molar-refractivity contribution in [1.82, 2.24) is 35.0 Å². The number of likely N-dealkylation sites (tertiary alicyclic amines) is 1. The van der Waals surface area contributed by atoms with Crippen molar-refractivity contribution in [2.45, 2.75) is 12.8 Å².